The summed E-state index contributed by atoms with van der Waals surface area (Å²) >= 11 is 1.97. The average Bonchev–Trinajstić information content (AvgIpc) is 2.87. The molecule has 1 heterocycles. The first-order valence-electron chi connectivity index (χ1n) is 6.62. The van der Waals surface area contributed by atoms with E-state index in [1.54, 1.807) is 6.20 Å². The number of imidazole rings is 1. The molecule has 0 radical (unpaired) electrons. The van der Waals surface area contributed by atoms with Gasteiger partial charge in [0, 0.05) is 17.5 Å². The smallest absolute Gasteiger partial charge is 0.0949 e. The molecule has 1 fully saturated rings. The van der Waals surface area contributed by atoms with Crippen molar-refractivity contribution in [1.82, 2.24) is 9.55 Å². The van der Waals surface area contributed by atoms with Gasteiger partial charge < -0.3 is 15.4 Å². The van der Waals surface area contributed by atoms with Gasteiger partial charge in [-0.2, -0.15) is 11.8 Å². The van der Waals surface area contributed by atoms with E-state index >= 15 is 0 Å². The minimum absolute atomic E-state index is 0.0298. The number of thioether (sulfide) groups is 1. The van der Waals surface area contributed by atoms with Gasteiger partial charge in [0.05, 0.1) is 24.7 Å². The van der Waals surface area contributed by atoms with Crippen LogP contribution in [0.25, 0.3) is 0 Å². The van der Waals surface area contributed by atoms with Gasteiger partial charge in [0.25, 0.3) is 0 Å². The second-order valence-electron chi connectivity index (χ2n) is 5.18. The second kappa shape index (κ2) is 6.08. The van der Waals surface area contributed by atoms with Crippen molar-refractivity contribution in [3.05, 3.63) is 18.2 Å². The highest BCUT2D eigenvalue weighted by molar-refractivity contribution is 8.00. The molecule has 0 saturated heterocycles. The molecule has 5 heteroatoms. The van der Waals surface area contributed by atoms with Crippen molar-refractivity contribution < 1.29 is 5.11 Å². The Bertz CT molecular complexity index is 374. The van der Waals surface area contributed by atoms with Crippen LogP contribution >= 0.6 is 11.8 Å². The molecule has 0 bridgehead atoms. The third kappa shape index (κ3) is 2.90. The number of nitrogens with zero attached hydrogens (tertiary/aromatic N) is 2. The molecule has 1 unspecified atom stereocenters. The maximum Gasteiger partial charge on any atom is 0.0949 e. The zero-order valence-electron chi connectivity index (χ0n) is 11.0. The molecular formula is C13H23N3OS. The van der Waals surface area contributed by atoms with Crippen LogP contribution in [0.15, 0.2) is 12.5 Å². The Hall–Kier alpha value is -0.520. The van der Waals surface area contributed by atoms with Gasteiger partial charge in [-0.25, -0.2) is 4.98 Å². The summed E-state index contributed by atoms with van der Waals surface area (Å²) in [6, 6.07) is -0.324. The number of aliphatic hydroxyl groups excluding tert-OH is 1. The van der Waals surface area contributed by atoms with Gasteiger partial charge in [0.1, 0.15) is 0 Å². The van der Waals surface area contributed by atoms with E-state index in [9.17, 15) is 5.11 Å². The molecule has 3 N–H and O–H groups in total. The van der Waals surface area contributed by atoms with E-state index in [0.717, 1.165) is 12.2 Å². The van der Waals surface area contributed by atoms with Crippen molar-refractivity contribution in [2.45, 2.75) is 49.4 Å². The first kappa shape index (κ1) is 13.9. The second-order valence-corrected chi connectivity index (χ2v) is 6.46. The van der Waals surface area contributed by atoms with Gasteiger partial charge in [-0.3, -0.25) is 0 Å². The first-order chi connectivity index (χ1) is 8.71. The van der Waals surface area contributed by atoms with E-state index < -0.39 is 0 Å². The molecule has 18 heavy (non-hydrogen) atoms. The molecule has 2 rings (SSSR count). The Labute approximate surface area is 113 Å². The lowest BCUT2D eigenvalue weighted by Gasteiger charge is -2.36. The van der Waals surface area contributed by atoms with Crippen molar-refractivity contribution in [2.24, 2.45) is 5.73 Å². The highest BCUT2D eigenvalue weighted by Crippen LogP contribution is 2.40. The van der Waals surface area contributed by atoms with Gasteiger partial charge in [-0.1, -0.05) is 19.3 Å². The molecule has 102 valence electrons. The normalized spacial score (nSPS) is 20.8. The minimum atomic E-state index is -0.324. The maximum absolute atomic E-state index is 9.19. The molecule has 1 aromatic rings. The van der Waals surface area contributed by atoms with Gasteiger partial charge in [0.2, 0.25) is 0 Å². The fourth-order valence-corrected chi connectivity index (χ4v) is 3.76. The van der Waals surface area contributed by atoms with Crippen molar-refractivity contribution in [2.75, 3.05) is 12.9 Å². The molecule has 1 atom stereocenters. The Balaban J connectivity index is 2.14. The maximum atomic E-state index is 9.19. The third-order valence-corrected chi connectivity index (χ3v) is 5.38. The molecule has 4 nitrogen and oxygen atoms in total. The van der Waals surface area contributed by atoms with Crippen LogP contribution in [0.4, 0.5) is 0 Å². The van der Waals surface area contributed by atoms with E-state index in [1.165, 1.54) is 32.1 Å². The molecule has 0 aromatic carbocycles. The molecule has 0 aliphatic heterocycles. The summed E-state index contributed by atoms with van der Waals surface area (Å²) in [5.41, 5.74) is 6.85. The van der Waals surface area contributed by atoms with Gasteiger partial charge in [-0.05, 0) is 19.1 Å². The zero-order valence-corrected chi connectivity index (χ0v) is 11.8. The Morgan fingerprint density at radius 1 is 1.50 bits per heavy atom. The third-order valence-electron chi connectivity index (χ3n) is 3.98. The van der Waals surface area contributed by atoms with Crippen LogP contribution in [-0.4, -0.2) is 32.3 Å². The lowest BCUT2D eigenvalue weighted by Crippen LogP contribution is -2.34. The fraction of sp³-hybridized carbons (Fsp3) is 0.769. The lowest BCUT2D eigenvalue weighted by molar-refractivity contribution is 0.260. The largest absolute Gasteiger partial charge is 0.394 e. The number of nitrogens with two attached hydrogens (primary N) is 1. The van der Waals surface area contributed by atoms with Crippen LogP contribution in [0.2, 0.25) is 0 Å². The van der Waals surface area contributed by atoms with E-state index in [0.29, 0.717) is 4.75 Å². The summed E-state index contributed by atoms with van der Waals surface area (Å²) in [5.74, 6) is 0. The highest BCUT2D eigenvalue weighted by Gasteiger charge is 2.32. The minimum Gasteiger partial charge on any atom is -0.394 e. The van der Waals surface area contributed by atoms with Crippen LogP contribution in [0.5, 0.6) is 0 Å². The lowest BCUT2D eigenvalue weighted by atomic mass is 9.88. The molecule has 0 spiro atoms. The van der Waals surface area contributed by atoms with Crippen molar-refractivity contribution >= 4 is 11.8 Å². The Morgan fingerprint density at radius 3 is 2.83 bits per heavy atom. The zero-order chi connectivity index (χ0) is 13.0. The molecular weight excluding hydrogens is 246 g/mol. The van der Waals surface area contributed by atoms with Crippen LogP contribution in [0.3, 0.4) is 0 Å². The molecule has 0 amide bonds. The SMILES string of the molecule is CSC1(Cn2cncc2C(N)CO)CCCCC1. The summed E-state index contributed by atoms with van der Waals surface area (Å²) < 4.78 is 2.45. The van der Waals surface area contributed by atoms with E-state index in [-0.39, 0.29) is 12.6 Å². The highest BCUT2D eigenvalue weighted by atomic mass is 32.2. The summed E-state index contributed by atoms with van der Waals surface area (Å²) in [5, 5.41) is 9.19. The van der Waals surface area contributed by atoms with Crippen molar-refractivity contribution in [3.8, 4) is 0 Å². The Morgan fingerprint density at radius 2 is 2.22 bits per heavy atom. The first-order valence-corrected chi connectivity index (χ1v) is 7.85. The molecule has 1 aliphatic carbocycles. The number of hydrogen-bond acceptors (Lipinski definition) is 4. The number of hydrogen-bond donors (Lipinski definition) is 2. The Kier molecular flexibility index (Phi) is 4.70. The molecule has 1 saturated carbocycles. The van der Waals surface area contributed by atoms with Crippen molar-refractivity contribution in [3.63, 3.8) is 0 Å². The van der Waals surface area contributed by atoms with Crippen LogP contribution < -0.4 is 5.73 Å². The predicted molar refractivity (Wildman–Crippen MR) is 75.6 cm³/mol. The van der Waals surface area contributed by atoms with E-state index in [1.807, 2.05) is 18.1 Å². The fourth-order valence-electron chi connectivity index (χ4n) is 2.80. The quantitative estimate of drug-likeness (QED) is 0.857. The van der Waals surface area contributed by atoms with Gasteiger partial charge in [0.15, 0.2) is 0 Å². The summed E-state index contributed by atoms with van der Waals surface area (Å²) in [6.45, 7) is 0.926. The number of rotatable bonds is 5. The predicted octanol–water partition coefficient (Wildman–Crippen LogP) is 1.94. The van der Waals surface area contributed by atoms with Crippen LogP contribution in [0.1, 0.15) is 43.8 Å². The summed E-state index contributed by atoms with van der Waals surface area (Å²) in [7, 11) is 0. The number of aliphatic hydroxyl groups is 1. The monoisotopic (exact) mass is 269 g/mol. The van der Waals surface area contributed by atoms with Crippen molar-refractivity contribution in [1.29, 1.82) is 0 Å². The van der Waals surface area contributed by atoms with Crippen LogP contribution in [0, 0.1) is 0 Å². The molecule has 1 aliphatic rings. The molecule has 1 aromatic heterocycles. The number of aromatic nitrogens is 2. The van der Waals surface area contributed by atoms with Gasteiger partial charge in [-0.15, -0.1) is 0 Å². The van der Waals surface area contributed by atoms with Gasteiger partial charge >= 0.3 is 0 Å². The van der Waals surface area contributed by atoms with E-state index in [2.05, 4.69) is 15.8 Å². The average molecular weight is 269 g/mol. The standard InChI is InChI=1S/C13H23N3OS/c1-18-13(5-3-2-4-6-13)9-16-10-15-7-12(16)11(14)8-17/h7,10-11,17H,2-6,8-9,14H2,1H3. The summed E-state index contributed by atoms with van der Waals surface area (Å²) in [6.07, 6.45) is 12.3. The van der Waals surface area contributed by atoms with E-state index in [4.69, 9.17) is 5.73 Å². The topological polar surface area (TPSA) is 64.1 Å². The summed E-state index contributed by atoms with van der Waals surface area (Å²) in [4.78, 5) is 4.18. The van der Waals surface area contributed by atoms with Crippen LogP contribution in [-0.2, 0) is 6.54 Å².